The van der Waals surface area contributed by atoms with E-state index in [1.807, 2.05) is 0 Å². The van der Waals surface area contributed by atoms with Crippen molar-refractivity contribution in [2.24, 2.45) is 0 Å². The van der Waals surface area contributed by atoms with Crippen molar-refractivity contribution >= 4 is 65.2 Å². The molecule has 0 aliphatic carbocycles. The van der Waals surface area contributed by atoms with E-state index < -0.39 is 0 Å². The fourth-order valence-corrected chi connectivity index (χ4v) is 10.6. The maximum atomic E-state index is 2.46. The molecule has 0 N–H and O–H groups in total. The van der Waals surface area contributed by atoms with Crippen LogP contribution in [-0.2, 0) is 0 Å². The quantitative estimate of drug-likeness (QED) is 0.148. The van der Waals surface area contributed by atoms with Crippen LogP contribution in [0.5, 0.6) is 0 Å². The molecule has 0 saturated carbocycles. The van der Waals surface area contributed by atoms with Crippen LogP contribution in [0.2, 0.25) is 0 Å². The smallest absolute Gasteiger partial charge is 0.0541 e. The number of para-hydroxylation sites is 4. The minimum atomic E-state index is 1.13. The summed E-state index contributed by atoms with van der Waals surface area (Å²) in [6.07, 6.45) is 0. The van der Waals surface area contributed by atoms with Crippen LogP contribution >= 0.6 is 0 Å². The van der Waals surface area contributed by atoms with Crippen LogP contribution in [0, 0.1) is 0 Å². The summed E-state index contributed by atoms with van der Waals surface area (Å²) in [6.45, 7) is 0. The summed E-state index contributed by atoms with van der Waals surface area (Å²) < 4.78 is 4.90. The number of benzene rings is 11. The Labute approximate surface area is 371 Å². The van der Waals surface area contributed by atoms with Crippen LogP contribution in [0.25, 0.3) is 121 Å². The minimum Gasteiger partial charge on any atom is -0.309 e. The lowest BCUT2D eigenvalue weighted by Gasteiger charge is -2.23. The standard InChI is InChI=1S/C62H40N2/c1-3-19-41(20-4-1)45-23-7-9-29-51(45)61-53-37-35-44(64-59-33-17-13-27-49(59)50-28-14-18-34-60(50)64)40-56(53)62(52-30-10-8-24-46(52)42-21-5-2-6-22-42)54-38-36-43(39-55(54)61)63-57-31-15-11-25-47(57)48-26-12-16-32-58(48)63/h1-40H. The molecule has 0 unspecified atom stereocenters. The summed E-state index contributed by atoms with van der Waals surface area (Å²) in [4.78, 5) is 0. The van der Waals surface area contributed by atoms with Crippen molar-refractivity contribution in [3.05, 3.63) is 243 Å². The van der Waals surface area contributed by atoms with E-state index in [1.54, 1.807) is 0 Å². The first kappa shape index (κ1) is 36.2. The molecule has 0 radical (unpaired) electrons. The molecule has 0 amide bonds. The van der Waals surface area contributed by atoms with Gasteiger partial charge in [-0.1, -0.05) is 194 Å². The van der Waals surface area contributed by atoms with Crippen molar-refractivity contribution in [3.63, 3.8) is 0 Å². The molecular formula is C62H40N2. The zero-order valence-electron chi connectivity index (χ0n) is 35.0. The molecule has 0 spiro atoms. The number of fused-ring (bicyclic) bond motifs is 8. The van der Waals surface area contributed by atoms with Crippen molar-refractivity contribution in [2.75, 3.05) is 0 Å². The van der Waals surface area contributed by atoms with E-state index in [0.717, 1.165) is 11.4 Å². The highest BCUT2D eigenvalue weighted by molar-refractivity contribution is 6.24. The van der Waals surface area contributed by atoms with Gasteiger partial charge in [-0.15, -0.1) is 0 Å². The second kappa shape index (κ2) is 14.6. The second-order valence-corrected chi connectivity index (χ2v) is 16.8. The van der Waals surface area contributed by atoms with Gasteiger partial charge in [0.1, 0.15) is 0 Å². The zero-order valence-corrected chi connectivity index (χ0v) is 35.0. The molecule has 0 bridgehead atoms. The van der Waals surface area contributed by atoms with Gasteiger partial charge in [0.2, 0.25) is 0 Å². The molecule has 13 aromatic rings. The third kappa shape index (κ3) is 5.53. The monoisotopic (exact) mass is 812 g/mol. The molecule has 298 valence electrons. The van der Waals surface area contributed by atoms with E-state index in [4.69, 9.17) is 0 Å². The Morgan fingerprint density at radius 2 is 0.500 bits per heavy atom. The van der Waals surface area contributed by atoms with Crippen molar-refractivity contribution in [1.29, 1.82) is 0 Å². The van der Waals surface area contributed by atoms with Crippen molar-refractivity contribution in [1.82, 2.24) is 9.13 Å². The van der Waals surface area contributed by atoms with E-state index in [1.165, 1.54) is 110 Å². The molecule has 11 aromatic carbocycles. The summed E-state index contributed by atoms with van der Waals surface area (Å²) in [5, 5.41) is 9.83. The normalized spacial score (nSPS) is 11.8. The molecule has 13 rings (SSSR count). The van der Waals surface area contributed by atoms with Gasteiger partial charge in [0, 0.05) is 32.9 Å². The van der Waals surface area contributed by atoms with Gasteiger partial charge in [-0.25, -0.2) is 0 Å². The zero-order chi connectivity index (χ0) is 42.1. The average Bonchev–Trinajstić information content (AvgIpc) is 3.89. The molecule has 0 aliphatic rings. The topological polar surface area (TPSA) is 9.86 Å². The van der Waals surface area contributed by atoms with E-state index in [2.05, 4.69) is 252 Å². The number of aromatic nitrogens is 2. The first-order chi connectivity index (χ1) is 31.8. The van der Waals surface area contributed by atoms with Gasteiger partial charge in [0.05, 0.1) is 22.1 Å². The molecule has 2 nitrogen and oxygen atoms in total. The molecule has 0 atom stereocenters. The van der Waals surface area contributed by atoms with Crippen LogP contribution in [0.3, 0.4) is 0 Å². The lowest BCUT2D eigenvalue weighted by molar-refractivity contribution is 1.18. The molecule has 0 saturated heterocycles. The number of hydrogen-bond acceptors (Lipinski definition) is 0. The Morgan fingerprint density at radius 3 is 0.859 bits per heavy atom. The van der Waals surface area contributed by atoms with Crippen molar-refractivity contribution in [2.45, 2.75) is 0 Å². The maximum absolute atomic E-state index is 2.46. The highest BCUT2D eigenvalue weighted by atomic mass is 15.0. The molecule has 2 aromatic heterocycles. The lowest BCUT2D eigenvalue weighted by atomic mass is 9.82. The average molecular weight is 813 g/mol. The van der Waals surface area contributed by atoms with E-state index >= 15 is 0 Å². The van der Waals surface area contributed by atoms with Gasteiger partial charge >= 0.3 is 0 Å². The first-order valence-corrected chi connectivity index (χ1v) is 22.1. The maximum Gasteiger partial charge on any atom is 0.0541 e. The van der Waals surface area contributed by atoms with Crippen LogP contribution in [0.4, 0.5) is 0 Å². The summed E-state index contributed by atoms with van der Waals surface area (Å²) in [7, 11) is 0. The Balaban J connectivity index is 1.22. The predicted molar refractivity (Wildman–Crippen MR) is 272 cm³/mol. The number of rotatable bonds is 6. The largest absolute Gasteiger partial charge is 0.309 e. The molecule has 64 heavy (non-hydrogen) atoms. The molecule has 2 heteroatoms. The Morgan fingerprint density at radius 1 is 0.203 bits per heavy atom. The van der Waals surface area contributed by atoms with Gasteiger partial charge in [0.25, 0.3) is 0 Å². The SMILES string of the molecule is c1ccc(-c2ccccc2-c2c3ccc(-n4c5ccccc5c5ccccc54)cc3c(-c3ccccc3-c3ccccc3)c3ccc(-n4c5ccccc5c5ccccc54)cc23)cc1. The second-order valence-electron chi connectivity index (χ2n) is 16.8. The van der Waals surface area contributed by atoms with Gasteiger partial charge in [-0.05, 0) is 115 Å². The summed E-state index contributed by atoms with van der Waals surface area (Å²) in [5.41, 5.74) is 16.7. The first-order valence-electron chi connectivity index (χ1n) is 22.1. The molecule has 0 aliphatic heterocycles. The summed E-state index contributed by atoms with van der Waals surface area (Å²) >= 11 is 0. The Bertz CT molecular complexity index is 3580. The number of nitrogens with zero attached hydrogens (tertiary/aromatic N) is 2. The minimum absolute atomic E-state index is 1.13. The van der Waals surface area contributed by atoms with Gasteiger partial charge < -0.3 is 9.13 Å². The predicted octanol–water partition coefficient (Wildman–Crippen LogP) is 16.9. The van der Waals surface area contributed by atoms with Gasteiger partial charge in [-0.2, -0.15) is 0 Å². The Hall–Kier alpha value is -8.46. The molecule has 0 fully saturated rings. The van der Waals surface area contributed by atoms with Crippen LogP contribution in [0.1, 0.15) is 0 Å². The van der Waals surface area contributed by atoms with Crippen LogP contribution in [0.15, 0.2) is 243 Å². The summed E-state index contributed by atoms with van der Waals surface area (Å²) in [6, 6.07) is 89.2. The Kier molecular flexibility index (Phi) is 8.25. The molecular weight excluding hydrogens is 773 g/mol. The van der Waals surface area contributed by atoms with E-state index in [9.17, 15) is 0 Å². The van der Waals surface area contributed by atoms with Crippen LogP contribution < -0.4 is 0 Å². The van der Waals surface area contributed by atoms with Crippen molar-refractivity contribution < 1.29 is 0 Å². The van der Waals surface area contributed by atoms with E-state index in [0.29, 0.717) is 0 Å². The molecule has 2 heterocycles. The lowest BCUT2D eigenvalue weighted by Crippen LogP contribution is -1.99. The number of hydrogen-bond donors (Lipinski definition) is 0. The van der Waals surface area contributed by atoms with Crippen molar-refractivity contribution in [3.8, 4) is 55.9 Å². The van der Waals surface area contributed by atoms with Gasteiger partial charge in [-0.3, -0.25) is 0 Å². The third-order valence-electron chi connectivity index (χ3n) is 13.3. The highest BCUT2D eigenvalue weighted by Crippen LogP contribution is 2.49. The highest BCUT2D eigenvalue weighted by Gasteiger charge is 2.23. The summed E-state index contributed by atoms with van der Waals surface area (Å²) in [5.74, 6) is 0. The third-order valence-corrected chi connectivity index (χ3v) is 13.3. The van der Waals surface area contributed by atoms with E-state index in [-0.39, 0.29) is 0 Å². The van der Waals surface area contributed by atoms with Gasteiger partial charge in [0.15, 0.2) is 0 Å². The fraction of sp³-hybridized carbons (Fsp3) is 0. The van der Waals surface area contributed by atoms with Crippen LogP contribution in [-0.4, -0.2) is 9.13 Å². The fourth-order valence-electron chi connectivity index (χ4n) is 10.6.